The Labute approximate surface area is 152 Å². The first kappa shape index (κ1) is 16.5. The molecule has 0 radical (unpaired) electrons. The van der Waals surface area contributed by atoms with E-state index in [-0.39, 0.29) is 0 Å². The number of hydrogen-bond acceptors (Lipinski definition) is 5. The third-order valence-electron chi connectivity index (χ3n) is 5.00. The summed E-state index contributed by atoms with van der Waals surface area (Å²) in [6.07, 6.45) is 2.94. The number of aliphatic imine (C=N–C) groups is 1. The van der Waals surface area contributed by atoms with Crippen molar-refractivity contribution in [3.8, 4) is 0 Å². The fraction of sp³-hybridized carbons (Fsp3) is 0.368. The molecule has 1 aromatic carbocycles. The number of benzene rings is 1. The average Bonchev–Trinajstić information content (AvgIpc) is 3.24. The number of nitrogens with zero attached hydrogens (tertiary/aromatic N) is 6. The van der Waals surface area contributed by atoms with Crippen LogP contribution in [-0.2, 0) is 7.05 Å². The lowest BCUT2D eigenvalue weighted by Crippen LogP contribution is -2.13. The highest BCUT2D eigenvalue weighted by Crippen LogP contribution is 2.48. The molecule has 0 aliphatic heterocycles. The molecule has 1 fully saturated rings. The molecule has 0 bridgehead atoms. The molecule has 1 saturated carbocycles. The monoisotopic (exact) mass is 349 g/mol. The van der Waals surface area contributed by atoms with E-state index >= 15 is 0 Å². The van der Waals surface area contributed by atoms with E-state index < -0.39 is 0 Å². The lowest BCUT2D eigenvalue weighted by Gasteiger charge is -2.06. The van der Waals surface area contributed by atoms with E-state index in [1.165, 1.54) is 0 Å². The summed E-state index contributed by atoms with van der Waals surface area (Å²) in [6, 6.07) is 8.22. The zero-order valence-corrected chi connectivity index (χ0v) is 15.5. The van der Waals surface area contributed by atoms with Gasteiger partial charge >= 0.3 is 0 Å². The number of imidazole rings is 1. The van der Waals surface area contributed by atoms with Crippen LogP contribution in [0.3, 0.4) is 0 Å². The Morgan fingerprint density at radius 3 is 2.69 bits per heavy atom. The van der Waals surface area contributed by atoms with Crippen molar-refractivity contribution in [1.29, 1.82) is 0 Å². The van der Waals surface area contributed by atoms with Gasteiger partial charge in [-0.15, -0.1) is 5.10 Å². The summed E-state index contributed by atoms with van der Waals surface area (Å²) in [5.74, 6) is 3.83. The van der Waals surface area contributed by atoms with Crippen molar-refractivity contribution in [2.75, 3.05) is 7.05 Å². The van der Waals surface area contributed by atoms with E-state index in [4.69, 9.17) is 10.7 Å². The molecule has 7 heteroatoms. The van der Waals surface area contributed by atoms with Crippen molar-refractivity contribution in [1.82, 2.24) is 24.3 Å². The zero-order valence-electron chi connectivity index (χ0n) is 15.5. The van der Waals surface area contributed by atoms with Gasteiger partial charge in [0.15, 0.2) is 0 Å². The molecule has 2 heterocycles. The second kappa shape index (κ2) is 6.09. The Morgan fingerprint density at radius 2 is 2.04 bits per heavy atom. The van der Waals surface area contributed by atoms with Crippen LogP contribution in [0.1, 0.15) is 29.8 Å². The third-order valence-corrected chi connectivity index (χ3v) is 5.00. The number of hydrogen-bond donors (Lipinski definition) is 1. The highest BCUT2D eigenvalue weighted by molar-refractivity contribution is 6.02. The number of aryl methyl sites for hydroxylation is 3. The number of nitrogens with two attached hydrogens (primary N) is 1. The molecule has 26 heavy (non-hydrogen) atoms. The smallest absolute Gasteiger partial charge is 0.148 e. The first-order valence-electron chi connectivity index (χ1n) is 8.75. The SMILES string of the molecule is CN=C(C=C(N)n1nc(C)nc1C)[C@H]1C[C@@H]1c1nc2ccccc2n1C. The molecular formula is C19H23N7. The molecule has 3 aromatic rings. The van der Waals surface area contributed by atoms with Crippen molar-refractivity contribution >= 4 is 22.6 Å². The van der Waals surface area contributed by atoms with E-state index in [0.717, 1.165) is 34.8 Å². The maximum absolute atomic E-state index is 6.25. The number of para-hydroxylation sites is 2. The van der Waals surface area contributed by atoms with Crippen LogP contribution in [0.5, 0.6) is 0 Å². The molecule has 1 aliphatic rings. The zero-order chi connectivity index (χ0) is 18.4. The van der Waals surface area contributed by atoms with Crippen LogP contribution in [-0.4, -0.2) is 37.1 Å². The summed E-state index contributed by atoms with van der Waals surface area (Å²) in [6.45, 7) is 3.75. The van der Waals surface area contributed by atoms with Gasteiger partial charge in [0.05, 0.1) is 11.0 Å². The van der Waals surface area contributed by atoms with Crippen LogP contribution in [0, 0.1) is 19.8 Å². The molecule has 0 saturated heterocycles. The minimum absolute atomic E-state index is 0.332. The van der Waals surface area contributed by atoms with Crippen molar-refractivity contribution in [3.63, 3.8) is 0 Å². The lowest BCUT2D eigenvalue weighted by molar-refractivity contribution is 0.805. The molecule has 0 unspecified atom stereocenters. The molecule has 4 rings (SSSR count). The Balaban J connectivity index is 1.60. The third kappa shape index (κ3) is 2.69. The van der Waals surface area contributed by atoms with E-state index in [2.05, 4.69) is 38.8 Å². The van der Waals surface area contributed by atoms with E-state index in [1.54, 1.807) is 4.68 Å². The maximum atomic E-state index is 6.25. The molecular weight excluding hydrogens is 326 g/mol. The van der Waals surface area contributed by atoms with Crippen molar-refractivity contribution in [2.45, 2.75) is 26.2 Å². The molecule has 1 aliphatic carbocycles. The predicted octanol–water partition coefficient (Wildman–Crippen LogP) is 2.41. The largest absolute Gasteiger partial charge is 0.384 e. The van der Waals surface area contributed by atoms with Gasteiger partial charge in [0, 0.05) is 37.7 Å². The second-order valence-corrected chi connectivity index (χ2v) is 6.80. The van der Waals surface area contributed by atoms with Gasteiger partial charge in [-0.25, -0.2) is 14.6 Å². The number of allylic oxidation sites excluding steroid dienone is 1. The standard InChI is InChI=1S/C19H23N7/c1-11-22-12(2)26(24-11)18(20)10-16(21-3)13-9-14(13)19-23-15-7-5-6-8-17(15)25(19)4/h5-8,10,13-14H,9,20H2,1-4H3/t13-,14-/m0/s1. The lowest BCUT2D eigenvalue weighted by atomic mass is 10.2. The van der Waals surface area contributed by atoms with Gasteiger partial charge in [-0.05, 0) is 32.4 Å². The summed E-state index contributed by atoms with van der Waals surface area (Å²) < 4.78 is 3.85. The van der Waals surface area contributed by atoms with Crippen molar-refractivity contribution in [2.24, 2.45) is 23.7 Å². The van der Waals surface area contributed by atoms with Gasteiger partial charge in [-0.3, -0.25) is 4.99 Å². The quantitative estimate of drug-likeness (QED) is 0.733. The Hall–Kier alpha value is -2.96. The Morgan fingerprint density at radius 1 is 1.27 bits per heavy atom. The van der Waals surface area contributed by atoms with Crippen LogP contribution < -0.4 is 5.73 Å². The minimum atomic E-state index is 0.332. The normalized spacial score (nSPS) is 20.8. The summed E-state index contributed by atoms with van der Waals surface area (Å²) in [5, 5.41) is 4.34. The van der Waals surface area contributed by atoms with Gasteiger partial charge in [-0.1, -0.05) is 12.1 Å². The molecule has 134 valence electrons. The molecule has 0 spiro atoms. The molecule has 2 atom stereocenters. The van der Waals surface area contributed by atoms with Crippen LogP contribution in [0.15, 0.2) is 35.3 Å². The van der Waals surface area contributed by atoms with E-state index in [0.29, 0.717) is 23.5 Å². The first-order valence-corrected chi connectivity index (χ1v) is 8.75. The summed E-state index contributed by atoms with van der Waals surface area (Å²) in [4.78, 5) is 13.6. The summed E-state index contributed by atoms with van der Waals surface area (Å²) >= 11 is 0. The topological polar surface area (TPSA) is 86.9 Å². The Kier molecular flexibility index (Phi) is 3.86. The van der Waals surface area contributed by atoms with Gasteiger partial charge in [0.25, 0.3) is 0 Å². The highest BCUT2D eigenvalue weighted by atomic mass is 15.4. The van der Waals surface area contributed by atoms with E-state index in [1.807, 2.05) is 39.1 Å². The summed E-state index contributed by atoms with van der Waals surface area (Å²) in [5.41, 5.74) is 9.42. The van der Waals surface area contributed by atoms with Crippen LogP contribution >= 0.6 is 0 Å². The van der Waals surface area contributed by atoms with Crippen LogP contribution in [0.2, 0.25) is 0 Å². The average molecular weight is 349 g/mol. The van der Waals surface area contributed by atoms with Crippen molar-refractivity contribution < 1.29 is 0 Å². The van der Waals surface area contributed by atoms with Gasteiger partial charge in [-0.2, -0.15) is 0 Å². The molecule has 2 N–H and O–H groups in total. The van der Waals surface area contributed by atoms with Gasteiger partial charge in [0.1, 0.15) is 23.3 Å². The Bertz CT molecular complexity index is 1040. The molecule has 7 nitrogen and oxygen atoms in total. The molecule has 0 amide bonds. The number of rotatable bonds is 4. The number of fused-ring (bicyclic) bond motifs is 1. The summed E-state index contributed by atoms with van der Waals surface area (Å²) in [7, 11) is 3.89. The van der Waals surface area contributed by atoms with Crippen molar-refractivity contribution in [3.05, 3.63) is 47.8 Å². The minimum Gasteiger partial charge on any atom is -0.384 e. The highest BCUT2D eigenvalue weighted by Gasteiger charge is 2.44. The fourth-order valence-electron chi connectivity index (χ4n) is 3.62. The fourth-order valence-corrected chi connectivity index (χ4v) is 3.62. The first-order chi connectivity index (χ1) is 12.5. The second-order valence-electron chi connectivity index (χ2n) is 6.80. The molecule has 2 aromatic heterocycles. The van der Waals surface area contributed by atoms with Crippen LogP contribution in [0.25, 0.3) is 16.9 Å². The van der Waals surface area contributed by atoms with Gasteiger partial charge in [0.2, 0.25) is 0 Å². The van der Waals surface area contributed by atoms with Crippen LogP contribution in [0.4, 0.5) is 0 Å². The maximum Gasteiger partial charge on any atom is 0.148 e. The predicted molar refractivity (Wildman–Crippen MR) is 103 cm³/mol. The van der Waals surface area contributed by atoms with Gasteiger partial charge < -0.3 is 10.3 Å². The number of aromatic nitrogens is 5. The van der Waals surface area contributed by atoms with E-state index in [9.17, 15) is 0 Å².